The molecule has 0 aliphatic heterocycles. The summed E-state index contributed by atoms with van der Waals surface area (Å²) >= 11 is 0. The van der Waals surface area contributed by atoms with Crippen molar-refractivity contribution < 1.29 is 33.6 Å². The Labute approximate surface area is 173 Å². The third-order valence-corrected chi connectivity index (χ3v) is 3.65. The van der Waals surface area contributed by atoms with E-state index in [1.165, 1.54) is 0 Å². The van der Waals surface area contributed by atoms with Crippen molar-refractivity contribution in [2.75, 3.05) is 53.4 Å². The molecule has 0 radical (unpaired) electrons. The van der Waals surface area contributed by atoms with E-state index >= 15 is 0 Å². The third kappa shape index (κ3) is 13.1. The van der Waals surface area contributed by atoms with Gasteiger partial charge in [-0.2, -0.15) is 0 Å². The Morgan fingerprint density at radius 3 is 2.14 bits per heavy atom. The van der Waals surface area contributed by atoms with Crippen molar-refractivity contribution in [3.05, 3.63) is 29.8 Å². The van der Waals surface area contributed by atoms with Crippen LogP contribution in [-0.4, -0.2) is 76.2 Å². The maximum Gasteiger partial charge on any atom is 0.407 e. The van der Waals surface area contributed by atoms with Crippen LogP contribution in [0.25, 0.3) is 0 Å². The Morgan fingerprint density at radius 2 is 1.59 bits per heavy atom. The molecule has 2 N–H and O–H groups in total. The largest absolute Gasteiger partial charge is 0.491 e. The highest BCUT2D eigenvalue weighted by Crippen LogP contribution is 2.14. The van der Waals surface area contributed by atoms with Crippen molar-refractivity contribution in [2.24, 2.45) is 0 Å². The van der Waals surface area contributed by atoms with Crippen LogP contribution in [0.15, 0.2) is 24.3 Å². The number of carbonyl (C=O) groups is 1. The summed E-state index contributed by atoms with van der Waals surface area (Å²) < 4.78 is 26.5. The van der Waals surface area contributed by atoms with Crippen LogP contribution in [0, 0.1) is 0 Å². The molecule has 8 heteroatoms. The van der Waals surface area contributed by atoms with Crippen LogP contribution in [0.1, 0.15) is 26.3 Å². The van der Waals surface area contributed by atoms with E-state index in [-0.39, 0.29) is 6.61 Å². The number of aliphatic hydroxyl groups excluding tert-OH is 1. The first-order valence-electron chi connectivity index (χ1n) is 9.80. The van der Waals surface area contributed by atoms with Crippen molar-refractivity contribution in [2.45, 2.75) is 38.8 Å². The first-order valence-corrected chi connectivity index (χ1v) is 9.80. The van der Waals surface area contributed by atoms with Gasteiger partial charge in [0.2, 0.25) is 0 Å². The Kier molecular flexibility index (Phi) is 12.3. The Bertz CT molecular complexity index is 557. The van der Waals surface area contributed by atoms with Gasteiger partial charge in [0.25, 0.3) is 0 Å². The maximum atomic E-state index is 11.8. The fraction of sp³-hybridized carbons (Fsp3) is 0.667. The van der Waals surface area contributed by atoms with Crippen LogP contribution in [0.2, 0.25) is 0 Å². The van der Waals surface area contributed by atoms with Gasteiger partial charge in [0.1, 0.15) is 18.0 Å². The number of hydrogen-bond donors (Lipinski definition) is 2. The first kappa shape index (κ1) is 25.2. The molecular formula is C21H35NO7. The average Bonchev–Trinajstić information content (AvgIpc) is 2.66. The van der Waals surface area contributed by atoms with E-state index in [1.807, 2.05) is 24.3 Å². The second-order valence-corrected chi connectivity index (χ2v) is 7.44. The summed E-state index contributed by atoms with van der Waals surface area (Å²) in [7, 11) is 1.63. The molecule has 0 saturated heterocycles. The SMILES string of the molecule is COCCOCCOCCOc1ccc(C[C@@H](CO)NC(=O)OC(C)(C)C)cc1. The van der Waals surface area contributed by atoms with Gasteiger partial charge in [-0.15, -0.1) is 0 Å². The van der Waals surface area contributed by atoms with Crippen molar-refractivity contribution >= 4 is 6.09 Å². The van der Waals surface area contributed by atoms with E-state index in [0.717, 1.165) is 11.3 Å². The van der Waals surface area contributed by atoms with Crippen molar-refractivity contribution in [1.29, 1.82) is 0 Å². The molecule has 1 amide bonds. The highest BCUT2D eigenvalue weighted by atomic mass is 16.6. The molecule has 8 nitrogen and oxygen atoms in total. The summed E-state index contributed by atoms with van der Waals surface area (Å²) in [6.07, 6.45) is -0.0528. The lowest BCUT2D eigenvalue weighted by Crippen LogP contribution is -2.42. The third-order valence-electron chi connectivity index (χ3n) is 3.65. The summed E-state index contributed by atoms with van der Waals surface area (Å²) in [4.78, 5) is 11.8. The second kappa shape index (κ2) is 14.2. The predicted octanol–water partition coefficient (Wildman–Crippen LogP) is 2.17. The van der Waals surface area contributed by atoms with Crippen molar-refractivity contribution in [1.82, 2.24) is 5.32 Å². The zero-order valence-electron chi connectivity index (χ0n) is 17.9. The molecule has 0 unspecified atom stereocenters. The number of hydrogen-bond acceptors (Lipinski definition) is 7. The van der Waals surface area contributed by atoms with Gasteiger partial charge in [-0.05, 0) is 44.9 Å². The van der Waals surface area contributed by atoms with E-state index < -0.39 is 17.7 Å². The minimum atomic E-state index is -0.580. The molecule has 0 aliphatic rings. The smallest absolute Gasteiger partial charge is 0.407 e. The highest BCUT2D eigenvalue weighted by molar-refractivity contribution is 5.68. The molecule has 0 fully saturated rings. The monoisotopic (exact) mass is 413 g/mol. The molecular weight excluding hydrogens is 378 g/mol. The molecule has 0 aromatic heterocycles. The van der Waals surface area contributed by atoms with Gasteiger partial charge >= 0.3 is 6.09 Å². The average molecular weight is 414 g/mol. The lowest BCUT2D eigenvalue weighted by atomic mass is 10.1. The summed E-state index contributed by atoms with van der Waals surface area (Å²) in [6, 6.07) is 7.09. The Hall–Kier alpha value is -1.87. The van der Waals surface area contributed by atoms with Crippen molar-refractivity contribution in [3.8, 4) is 5.75 Å². The number of rotatable bonds is 14. The zero-order valence-corrected chi connectivity index (χ0v) is 17.9. The fourth-order valence-corrected chi connectivity index (χ4v) is 2.32. The molecule has 0 saturated carbocycles. The maximum absolute atomic E-state index is 11.8. The molecule has 1 aromatic carbocycles. The fourth-order valence-electron chi connectivity index (χ4n) is 2.32. The van der Waals surface area contributed by atoms with E-state index in [1.54, 1.807) is 27.9 Å². The van der Waals surface area contributed by atoms with Gasteiger partial charge in [-0.25, -0.2) is 4.79 Å². The van der Waals surface area contributed by atoms with E-state index in [0.29, 0.717) is 46.1 Å². The normalized spacial score (nSPS) is 12.4. The van der Waals surface area contributed by atoms with Crippen LogP contribution in [0.4, 0.5) is 4.79 Å². The van der Waals surface area contributed by atoms with E-state index in [4.69, 9.17) is 23.7 Å². The molecule has 29 heavy (non-hydrogen) atoms. The van der Waals surface area contributed by atoms with E-state index in [2.05, 4.69) is 5.32 Å². The standard InChI is InChI=1S/C21H35NO7/c1-21(2,3)29-20(24)22-18(16-23)15-17-5-7-19(8-6-17)28-14-13-27-12-11-26-10-9-25-4/h5-8,18,23H,9-16H2,1-4H3,(H,22,24)/t18-/m0/s1. The minimum absolute atomic E-state index is 0.177. The quantitative estimate of drug-likeness (QED) is 0.451. The molecule has 1 atom stereocenters. The molecule has 166 valence electrons. The van der Waals surface area contributed by atoms with Crippen molar-refractivity contribution in [3.63, 3.8) is 0 Å². The molecule has 0 bridgehead atoms. The highest BCUT2D eigenvalue weighted by Gasteiger charge is 2.19. The molecule has 0 aliphatic carbocycles. The second-order valence-electron chi connectivity index (χ2n) is 7.44. The minimum Gasteiger partial charge on any atom is -0.491 e. The number of carbonyl (C=O) groups excluding carboxylic acids is 1. The van der Waals surface area contributed by atoms with Gasteiger partial charge in [0.05, 0.1) is 45.7 Å². The lowest BCUT2D eigenvalue weighted by Gasteiger charge is -2.22. The molecule has 0 spiro atoms. The van der Waals surface area contributed by atoms with Gasteiger partial charge < -0.3 is 34.1 Å². The number of aliphatic hydroxyl groups is 1. The summed E-state index contributed by atoms with van der Waals surface area (Å²) in [5.41, 5.74) is 0.390. The Balaban J connectivity index is 2.26. The Morgan fingerprint density at radius 1 is 1.00 bits per heavy atom. The van der Waals surface area contributed by atoms with E-state index in [9.17, 15) is 9.90 Å². The number of amides is 1. The zero-order chi connectivity index (χ0) is 21.5. The van der Waals surface area contributed by atoms with Gasteiger partial charge in [0, 0.05) is 7.11 Å². The topological polar surface area (TPSA) is 95.5 Å². The van der Waals surface area contributed by atoms with Gasteiger partial charge in [0.15, 0.2) is 0 Å². The summed E-state index contributed by atoms with van der Waals surface area (Å²) in [6.45, 7) is 8.30. The van der Waals surface area contributed by atoms with Gasteiger partial charge in [-0.3, -0.25) is 0 Å². The molecule has 1 rings (SSSR count). The predicted molar refractivity (Wildman–Crippen MR) is 109 cm³/mol. The summed E-state index contributed by atoms with van der Waals surface area (Å²) in [5.74, 6) is 0.731. The van der Waals surface area contributed by atoms with Crippen LogP contribution >= 0.6 is 0 Å². The molecule has 0 heterocycles. The molecule has 1 aromatic rings. The van der Waals surface area contributed by atoms with Crippen LogP contribution in [0.3, 0.4) is 0 Å². The van der Waals surface area contributed by atoms with Crippen LogP contribution in [0.5, 0.6) is 5.75 Å². The van der Waals surface area contributed by atoms with Crippen LogP contribution in [-0.2, 0) is 25.4 Å². The lowest BCUT2D eigenvalue weighted by molar-refractivity contribution is 0.0180. The van der Waals surface area contributed by atoms with Crippen LogP contribution < -0.4 is 10.1 Å². The van der Waals surface area contributed by atoms with Gasteiger partial charge in [-0.1, -0.05) is 12.1 Å². The number of methoxy groups -OCH3 is 1. The number of alkyl carbamates (subject to hydrolysis) is 1. The first-order chi connectivity index (χ1) is 13.8. The number of nitrogens with one attached hydrogen (secondary N) is 1. The number of ether oxygens (including phenoxy) is 5. The summed E-state index contributed by atoms with van der Waals surface area (Å²) in [5, 5.41) is 12.2. The number of benzene rings is 1.